The van der Waals surface area contributed by atoms with Crippen molar-refractivity contribution in [2.24, 2.45) is 11.3 Å². The molecule has 1 aliphatic rings. The highest BCUT2D eigenvalue weighted by Crippen LogP contribution is 2.33. The summed E-state index contributed by atoms with van der Waals surface area (Å²) in [5.74, 6) is 0.807. The summed E-state index contributed by atoms with van der Waals surface area (Å²) in [6.07, 6.45) is 1.18. The fourth-order valence-corrected chi connectivity index (χ4v) is 2.82. The van der Waals surface area contributed by atoms with Crippen molar-refractivity contribution < 1.29 is 4.79 Å². The minimum atomic E-state index is 0.134. The van der Waals surface area contributed by atoms with Crippen LogP contribution in [0.25, 0.3) is 0 Å². The molecule has 2 N–H and O–H groups in total. The molecular formula is C17H27N3O. The van der Waals surface area contributed by atoms with E-state index in [1.54, 1.807) is 4.90 Å². The highest BCUT2D eigenvalue weighted by Gasteiger charge is 2.32. The third-order valence-electron chi connectivity index (χ3n) is 4.51. The van der Waals surface area contributed by atoms with Gasteiger partial charge in [0.1, 0.15) is 0 Å². The van der Waals surface area contributed by atoms with Gasteiger partial charge >= 0.3 is 0 Å². The number of anilines is 2. The molecule has 0 spiro atoms. The first-order valence-electron chi connectivity index (χ1n) is 7.62. The lowest BCUT2D eigenvalue weighted by atomic mass is 9.80. The maximum Gasteiger partial charge on any atom is 0.240 e. The molecule has 2 rings (SSSR count). The number of hydrogen-bond donors (Lipinski definition) is 1. The van der Waals surface area contributed by atoms with E-state index in [-0.39, 0.29) is 5.91 Å². The van der Waals surface area contributed by atoms with E-state index in [4.69, 9.17) is 5.73 Å². The second-order valence-corrected chi connectivity index (χ2v) is 7.13. The fourth-order valence-electron chi connectivity index (χ4n) is 2.82. The van der Waals surface area contributed by atoms with Crippen molar-refractivity contribution in [3.05, 3.63) is 24.3 Å². The van der Waals surface area contributed by atoms with Crippen molar-refractivity contribution in [1.29, 1.82) is 0 Å². The predicted octanol–water partition coefficient (Wildman–Crippen LogP) is 2.60. The molecule has 1 atom stereocenters. The molecule has 0 aromatic heterocycles. The number of likely N-dealkylation sites (N-methyl/N-ethyl adjacent to an activating group) is 1. The summed E-state index contributed by atoms with van der Waals surface area (Å²) in [6.45, 7) is 9.37. The molecule has 4 nitrogen and oxygen atoms in total. The number of carbonyl (C=O) groups is 1. The van der Waals surface area contributed by atoms with Crippen LogP contribution in [-0.4, -0.2) is 37.5 Å². The summed E-state index contributed by atoms with van der Waals surface area (Å²) in [5.41, 5.74) is 7.60. The number of nitrogens with zero attached hydrogens (tertiary/aromatic N) is 2. The number of nitrogens with two attached hydrogens (primary N) is 1. The molecule has 4 heteroatoms. The lowest BCUT2D eigenvalue weighted by Gasteiger charge is -2.27. The summed E-state index contributed by atoms with van der Waals surface area (Å²) in [5, 5.41) is 0. The van der Waals surface area contributed by atoms with Crippen LogP contribution in [0.1, 0.15) is 27.2 Å². The van der Waals surface area contributed by atoms with Crippen molar-refractivity contribution in [2.75, 3.05) is 37.3 Å². The minimum absolute atomic E-state index is 0.134. The van der Waals surface area contributed by atoms with Gasteiger partial charge < -0.3 is 10.6 Å². The first-order valence-corrected chi connectivity index (χ1v) is 7.62. The average molecular weight is 289 g/mol. The Labute approximate surface area is 127 Å². The predicted molar refractivity (Wildman–Crippen MR) is 88.3 cm³/mol. The number of amides is 1. The van der Waals surface area contributed by atoms with Crippen LogP contribution >= 0.6 is 0 Å². The second-order valence-electron chi connectivity index (χ2n) is 7.13. The Balaban J connectivity index is 1.92. The van der Waals surface area contributed by atoms with Gasteiger partial charge in [-0.3, -0.25) is 9.69 Å². The minimum Gasteiger partial charge on any atom is -0.399 e. The quantitative estimate of drug-likeness (QED) is 0.870. The first kappa shape index (κ1) is 15.8. The molecule has 21 heavy (non-hydrogen) atoms. The smallest absolute Gasteiger partial charge is 0.240 e. The number of hydrogen-bond acceptors (Lipinski definition) is 3. The third-order valence-corrected chi connectivity index (χ3v) is 4.51. The normalized spacial score (nSPS) is 19.7. The van der Waals surface area contributed by atoms with Crippen LogP contribution in [-0.2, 0) is 4.79 Å². The van der Waals surface area contributed by atoms with E-state index in [0.29, 0.717) is 23.6 Å². The van der Waals surface area contributed by atoms with Gasteiger partial charge in [0.2, 0.25) is 5.91 Å². The van der Waals surface area contributed by atoms with E-state index in [0.717, 1.165) is 18.8 Å². The zero-order valence-electron chi connectivity index (χ0n) is 13.6. The largest absolute Gasteiger partial charge is 0.399 e. The maximum absolute atomic E-state index is 12.4. The van der Waals surface area contributed by atoms with Crippen LogP contribution in [0.4, 0.5) is 11.4 Å². The van der Waals surface area contributed by atoms with Gasteiger partial charge in [0.25, 0.3) is 0 Å². The van der Waals surface area contributed by atoms with E-state index in [9.17, 15) is 4.79 Å². The molecule has 1 aromatic rings. The van der Waals surface area contributed by atoms with E-state index >= 15 is 0 Å². The van der Waals surface area contributed by atoms with Gasteiger partial charge in [-0.15, -0.1) is 0 Å². The van der Waals surface area contributed by atoms with Gasteiger partial charge in [0, 0.05) is 25.0 Å². The summed E-state index contributed by atoms with van der Waals surface area (Å²) in [7, 11) is 1.82. The summed E-state index contributed by atoms with van der Waals surface area (Å²) in [4.78, 5) is 16.4. The molecule has 0 radical (unpaired) electrons. The molecule has 1 saturated heterocycles. The topological polar surface area (TPSA) is 49.6 Å². The molecule has 1 aliphatic heterocycles. The highest BCUT2D eigenvalue weighted by atomic mass is 16.2. The number of carbonyl (C=O) groups excluding carboxylic acids is 1. The Morgan fingerprint density at radius 1 is 1.33 bits per heavy atom. The first-order chi connectivity index (χ1) is 9.77. The van der Waals surface area contributed by atoms with Gasteiger partial charge in [-0.2, -0.15) is 0 Å². The maximum atomic E-state index is 12.4. The molecule has 1 unspecified atom stereocenters. The number of benzene rings is 1. The molecule has 1 amide bonds. The number of nitrogen functional groups attached to an aromatic ring is 1. The van der Waals surface area contributed by atoms with Crippen LogP contribution in [0, 0.1) is 11.3 Å². The third kappa shape index (κ3) is 3.97. The lowest BCUT2D eigenvalue weighted by molar-refractivity contribution is -0.119. The zero-order valence-corrected chi connectivity index (χ0v) is 13.6. The Hall–Kier alpha value is -1.55. The number of rotatable bonds is 3. The van der Waals surface area contributed by atoms with Crippen LogP contribution < -0.4 is 10.6 Å². The van der Waals surface area contributed by atoms with Gasteiger partial charge in [-0.25, -0.2) is 0 Å². The number of likely N-dealkylation sites (tertiary alicyclic amines) is 1. The van der Waals surface area contributed by atoms with Crippen molar-refractivity contribution >= 4 is 17.3 Å². The lowest BCUT2D eigenvalue weighted by Crippen LogP contribution is -2.38. The molecule has 116 valence electrons. The Morgan fingerprint density at radius 3 is 2.48 bits per heavy atom. The molecule has 0 aliphatic carbocycles. The Bertz CT molecular complexity index is 490. The van der Waals surface area contributed by atoms with Crippen LogP contribution in [0.15, 0.2) is 24.3 Å². The van der Waals surface area contributed by atoms with Gasteiger partial charge in [0.05, 0.1) is 6.54 Å². The van der Waals surface area contributed by atoms with E-state index in [2.05, 4.69) is 25.7 Å². The van der Waals surface area contributed by atoms with Gasteiger partial charge in [-0.05, 0) is 48.6 Å². The molecule has 0 bridgehead atoms. The molecule has 1 heterocycles. The van der Waals surface area contributed by atoms with Crippen LogP contribution in [0.3, 0.4) is 0 Å². The monoisotopic (exact) mass is 289 g/mol. The zero-order chi connectivity index (χ0) is 15.6. The van der Waals surface area contributed by atoms with E-state index < -0.39 is 0 Å². The fraction of sp³-hybridized carbons (Fsp3) is 0.588. The molecular weight excluding hydrogens is 262 g/mol. The molecule has 0 saturated carbocycles. The molecule has 1 fully saturated rings. The van der Waals surface area contributed by atoms with Gasteiger partial charge in [0.15, 0.2) is 0 Å². The van der Waals surface area contributed by atoms with Crippen LogP contribution in [0.5, 0.6) is 0 Å². The van der Waals surface area contributed by atoms with Crippen molar-refractivity contribution in [3.63, 3.8) is 0 Å². The van der Waals surface area contributed by atoms with E-state index in [1.165, 1.54) is 6.42 Å². The Kier molecular flexibility index (Phi) is 4.57. The van der Waals surface area contributed by atoms with E-state index in [1.807, 2.05) is 31.3 Å². The molecule has 1 aromatic carbocycles. The van der Waals surface area contributed by atoms with Crippen molar-refractivity contribution in [1.82, 2.24) is 4.90 Å². The Morgan fingerprint density at radius 2 is 1.95 bits per heavy atom. The summed E-state index contributed by atoms with van der Waals surface area (Å²) in [6, 6.07) is 7.42. The van der Waals surface area contributed by atoms with Crippen molar-refractivity contribution in [3.8, 4) is 0 Å². The summed E-state index contributed by atoms with van der Waals surface area (Å²) >= 11 is 0. The SMILES string of the molecule is CN(C(=O)CN1CCC(C(C)(C)C)C1)c1ccc(N)cc1. The standard InChI is InChI=1S/C17H27N3O/c1-17(2,3)13-9-10-20(11-13)12-16(21)19(4)15-7-5-14(18)6-8-15/h5-8,13H,9-12,18H2,1-4H3. The highest BCUT2D eigenvalue weighted by molar-refractivity contribution is 5.94. The summed E-state index contributed by atoms with van der Waals surface area (Å²) < 4.78 is 0. The average Bonchev–Trinajstić information content (AvgIpc) is 2.87. The van der Waals surface area contributed by atoms with Gasteiger partial charge in [-0.1, -0.05) is 20.8 Å². The van der Waals surface area contributed by atoms with Crippen LogP contribution in [0.2, 0.25) is 0 Å². The van der Waals surface area contributed by atoms with Crippen molar-refractivity contribution in [2.45, 2.75) is 27.2 Å². The second kappa shape index (κ2) is 6.06.